The zero-order chi connectivity index (χ0) is 23.6. The van der Waals surface area contributed by atoms with E-state index in [2.05, 4.69) is 21.8 Å². The molecule has 3 rings (SSSR count). The number of nitrogens with one attached hydrogen (secondary N) is 1. The van der Waals surface area contributed by atoms with Crippen LogP contribution in [0.4, 0.5) is 15.8 Å². The van der Waals surface area contributed by atoms with Gasteiger partial charge in [0.25, 0.3) is 5.91 Å². The van der Waals surface area contributed by atoms with Crippen LogP contribution in [0.2, 0.25) is 0 Å². The Morgan fingerprint density at radius 3 is 2.67 bits per heavy atom. The van der Waals surface area contributed by atoms with E-state index in [1.54, 1.807) is 0 Å². The number of nitrogen functional groups attached to an aromatic ring is 1. The number of halogens is 1. The molecule has 5 N–H and O–H groups in total. The van der Waals surface area contributed by atoms with Gasteiger partial charge in [-0.05, 0) is 49.6 Å². The van der Waals surface area contributed by atoms with Gasteiger partial charge in [0.05, 0.1) is 11.4 Å². The number of amidine groups is 1. The Labute approximate surface area is 193 Å². The number of benzene rings is 2. The van der Waals surface area contributed by atoms with Crippen LogP contribution in [0.1, 0.15) is 54.5 Å². The summed E-state index contributed by atoms with van der Waals surface area (Å²) in [7, 11) is 0. The Morgan fingerprint density at radius 2 is 1.94 bits per heavy atom. The maximum atomic E-state index is 13.5. The predicted octanol–water partition coefficient (Wildman–Crippen LogP) is 4.19. The summed E-state index contributed by atoms with van der Waals surface area (Å²) >= 11 is 0. The van der Waals surface area contributed by atoms with Crippen molar-refractivity contribution in [3.05, 3.63) is 77.6 Å². The van der Waals surface area contributed by atoms with Crippen molar-refractivity contribution in [1.82, 2.24) is 14.9 Å². The Kier molecular flexibility index (Phi) is 8.57. The van der Waals surface area contributed by atoms with Crippen LogP contribution in [0.3, 0.4) is 0 Å². The maximum absolute atomic E-state index is 13.5. The molecule has 0 unspecified atom stereocenters. The summed E-state index contributed by atoms with van der Waals surface area (Å²) in [6.07, 6.45) is 6.56. The first-order valence-electron chi connectivity index (χ1n) is 11.3. The number of nitrogens with zero attached hydrogens (tertiary/aromatic N) is 3. The molecule has 3 aromatic rings. The predicted molar refractivity (Wildman–Crippen MR) is 130 cm³/mol. The van der Waals surface area contributed by atoms with Crippen molar-refractivity contribution in [3.8, 4) is 0 Å². The average Bonchev–Trinajstić information content (AvgIpc) is 3.23. The molecule has 0 bridgehead atoms. The second-order valence-corrected chi connectivity index (χ2v) is 7.87. The van der Waals surface area contributed by atoms with Gasteiger partial charge in [-0.25, -0.2) is 14.4 Å². The van der Waals surface area contributed by atoms with E-state index in [0.29, 0.717) is 18.1 Å². The van der Waals surface area contributed by atoms with Crippen molar-refractivity contribution in [2.45, 2.75) is 45.6 Å². The fourth-order valence-corrected chi connectivity index (χ4v) is 3.38. The van der Waals surface area contributed by atoms with Crippen LogP contribution in [-0.4, -0.2) is 27.8 Å². The van der Waals surface area contributed by atoms with Gasteiger partial charge < -0.3 is 21.4 Å². The van der Waals surface area contributed by atoms with Crippen LogP contribution in [-0.2, 0) is 13.0 Å². The van der Waals surface area contributed by atoms with Crippen LogP contribution in [0.25, 0.3) is 0 Å². The van der Waals surface area contributed by atoms with E-state index >= 15 is 0 Å². The largest absolute Gasteiger partial charge is 0.396 e. The fraction of sp³-hybridized carbons (Fsp3) is 0.320. The molecule has 0 saturated heterocycles. The number of nitrogens with two attached hydrogens (primary N) is 2. The lowest BCUT2D eigenvalue weighted by Crippen LogP contribution is -2.24. The number of carbonyl (C=O) groups is 1. The number of carbonyl (C=O) groups excluding carboxylic acids is 1. The smallest absolute Gasteiger partial charge is 0.251 e. The molecule has 1 aromatic heterocycles. The van der Waals surface area contributed by atoms with Crippen LogP contribution < -0.4 is 16.8 Å². The number of aliphatic imine (C=N–C) groups is 1. The Balaban J connectivity index is 1.56. The third-order valence-corrected chi connectivity index (χ3v) is 5.26. The van der Waals surface area contributed by atoms with Gasteiger partial charge in [0, 0.05) is 31.3 Å². The second-order valence-electron chi connectivity index (χ2n) is 7.87. The number of unbranched alkanes of at least 4 members (excludes halogenated alkanes) is 2. The number of aryl methyl sites for hydroxylation is 2. The molecule has 0 aliphatic carbocycles. The lowest BCUT2D eigenvalue weighted by molar-refractivity contribution is 0.0952. The van der Waals surface area contributed by atoms with Gasteiger partial charge in [-0.3, -0.25) is 4.79 Å². The fourth-order valence-electron chi connectivity index (χ4n) is 3.38. The highest BCUT2D eigenvalue weighted by Gasteiger charge is 2.11. The average molecular weight is 451 g/mol. The Morgan fingerprint density at radius 1 is 1.15 bits per heavy atom. The normalized spacial score (nSPS) is 11.5. The first-order valence-corrected chi connectivity index (χ1v) is 11.3. The van der Waals surface area contributed by atoms with Crippen LogP contribution in [0, 0.1) is 5.82 Å². The summed E-state index contributed by atoms with van der Waals surface area (Å²) in [5.74, 6) is 0.473. The lowest BCUT2D eigenvalue weighted by Gasteiger charge is -2.08. The summed E-state index contributed by atoms with van der Waals surface area (Å²) in [5.41, 5.74) is 13.4. The summed E-state index contributed by atoms with van der Waals surface area (Å²) in [6, 6.07) is 13.6. The minimum Gasteiger partial charge on any atom is -0.396 e. The van der Waals surface area contributed by atoms with Gasteiger partial charge in [0.1, 0.15) is 17.3 Å². The second kappa shape index (κ2) is 11.8. The van der Waals surface area contributed by atoms with Gasteiger partial charge in [-0.2, -0.15) is 0 Å². The van der Waals surface area contributed by atoms with Crippen LogP contribution in [0.5, 0.6) is 0 Å². The van der Waals surface area contributed by atoms with Gasteiger partial charge in [-0.1, -0.05) is 31.5 Å². The molecule has 7 nitrogen and oxygen atoms in total. The zero-order valence-electron chi connectivity index (χ0n) is 18.9. The minimum absolute atomic E-state index is 0.0274. The molecule has 0 aliphatic heterocycles. The molecule has 1 heterocycles. The van der Waals surface area contributed by atoms with Crippen molar-refractivity contribution in [1.29, 1.82) is 0 Å². The lowest BCUT2D eigenvalue weighted by atomic mass is 10.2. The van der Waals surface area contributed by atoms with Crippen molar-refractivity contribution < 1.29 is 9.18 Å². The Bertz CT molecular complexity index is 1090. The first-order chi connectivity index (χ1) is 16.0. The third kappa shape index (κ3) is 6.90. The molecule has 0 aliphatic rings. The van der Waals surface area contributed by atoms with Crippen molar-refractivity contribution in [2.75, 3.05) is 12.3 Å². The topological polar surface area (TPSA) is 111 Å². The van der Waals surface area contributed by atoms with E-state index in [0.717, 1.165) is 56.2 Å². The summed E-state index contributed by atoms with van der Waals surface area (Å²) in [6.45, 7) is 3.40. The van der Waals surface area contributed by atoms with E-state index < -0.39 is 5.82 Å². The van der Waals surface area contributed by atoms with Crippen LogP contribution >= 0.6 is 0 Å². The highest BCUT2D eigenvalue weighted by molar-refractivity contribution is 5.97. The number of para-hydroxylation sites is 1. The third-order valence-electron chi connectivity index (χ3n) is 5.26. The van der Waals surface area contributed by atoms with Crippen molar-refractivity contribution in [3.63, 3.8) is 0 Å². The molecule has 0 radical (unpaired) electrons. The molecule has 33 heavy (non-hydrogen) atoms. The number of amides is 1. The van der Waals surface area contributed by atoms with Crippen molar-refractivity contribution in [2.24, 2.45) is 10.7 Å². The number of aromatic nitrogens is 2. The molecule has 174 valence electrons. The number of rotatable bonds is 11. The van der Waals surface area contributed by atoms with Crippen LogP contribution in [0.15, 0.2) is 59.7 Å². The maximum Gasteiger partial charge on any atom is 0.251 e. The zero-order valence-corrected chi connectivity index (χ0v) is 18.9. The van der Waals surface area contributed by atoms with Gasteiger partial charge >= 0.3 is 0 Å². The molecular formula is C25H31FN6O. The molecule has 1 amide bonds. The van der Waals surface area contributed by atoms with Crippen molar-refractivity contribution >= 4 is 23.1 Å². The van der Waals surface area contributed by atoms with E-state index in [9.17, 15) is 9.18 Å². The molecule has 0 fully saturated rings. The van der Waals surface area contributed by atoms with E-state index in [-0.39, 0.29) is 17.2 Å². The number of anilines is 1. The number of hydrogen-bond donors (Lipinski definition) is 3. The van der Waals surface area contributed by atoms with Gasteiger partial charge in [-0.15, -0.1) is 0 Å². The van der Waals surface area contributed by atoms with E-state index in [1.807, 2.05) is 36.5 Å². The molecular weight excluding hydrogens is 419 g/mol. The number of hydrogen-bond acceptors (Lipinski definition) is 4. The highest BCUT2D eigenvalue weighted by atomic mass is 19.1. The minimum atomic E-state index is -0.590. The van der Waals surface area contributed by atoms with E-state index in [4.69, 9.17) is 16.5 Å². The molecule has 0 atom stereocenters. The highest BCUT2D eigenvalue weighted by Crippen LogP contribution is 2.14. The summed E-state index contributed by atoms with van der Waals surface area (Å²) in [4.78, 5) is 21.4. The van der Waals surface area contributed by atoms with Gasteiger partial charge in [0.2, 0.25) is 0 Å². The Hall–Kier alpha value is -3.68. The van der Waals surface area contributed by atoms with Gasteiger partial charge in [0.15, 0.2) is 5.84 Å². The molecule has 8 heteroatoms. The molecule has 0 spiro atoms. The molecule has 0 saturated carbocycles. The standard InChI is InChI=1S/C25H31FN6O/c1-2-3-11-23-31-22(24(28)30-19-9-5-4-6-10-19)17-32(23)15-8-7-14-29-25(33)18-12-13-21(27)20(26)16-18/h4-6,9-10,12-13,16-17H,2-3,7-8,11,14-15,27H2,1H3,(H2,28,30)(H,29,33). The molecule has 2 aromatic carbocycles. The monoisotopic (exact) mass is 450 g/mol. The summed E-state index contributed by atoms with van der Waals surface area (Å²) < 4.78 is 15.7. The van der Waals surface area contributed by atoms with E-state index in [1.165, 1.54) is 12.1 Å². The SMILES string of the molecule is CCCCc1nc(C(N)=Nc2ccccc2)cn1CCCCNC(=O)c1ccc(N)c(F)c1. The quantitative estimate of drug-likeness (QED) is 0.176. The first kappa shape index (κ1) is 24.0. The summed E-state index contributed by atoms with van der Waals surface area (Å²) in [5, 5.41) is 2.82. The number of imidazole rings is 1.